The molecule has 0 spiro atoms. The van der Waals surface area contributed by atoms with Crippen LogP contribution in [-0.4, -0.2) is 21.9 Å². The Bertz CT molecular complexity index is 934. The van der Waals surface area contributed by atoms with Crippen molar-refractivity contribution in [1.29, 1.82) is 0 Å². The van der Waals surface area contributed by atoms with Gasteiger partial charge in [-0.25, -0.2) is 0 Å². The summed E-state index contributed by atoms with van der Waals surface area (Å²) in [6.45, 7) is 2.05. The van der Waals surface area contributed by atoms with E-state index in [-0.39, 0.29) is 18.3 Å². The largest absolute Gasteiger partial charge is 0.484 e. The van der Waals surface area contributed by atoms with E-state index < -0.39 is 0 Å². The fourth-order valence-electron chi connectivity index (χ4n) is 2.13. The fraction of sp³-hybridized carbons (Fsp3) is 0.167. The maximum absolute atomic E-state index is 12.0. The lowest BCUT2D eigenvalue weighted by Crippen LogP contribution is -2.13. The van der Waals surface area contributed by atoms with Crippen molar-refractivity contribution in [3.63, 3.8) is 0 Å². The Morgan fingerprint density at radius 2 is 2.04 bits per heavy atom. The summed E-state index contributed by atoms with van der Waals surface area (Å²) < 4.78 is 12.3. The fourth-order valence-corrected chi connectivity index (χ4v) is 3.29. The molecule has 0 aliphatic rings. The molecular formula is C18H15ClIN3O3S. The first kappa shape index (κ1) is 20.0. The zero-order chi connectivity index (χ0) is 19.2. The van der Waals surface area contributed by atoms with E-state index in [0.717, 1.165) is 14.8 Å². The topological polar surface area (TPSA) is 77.2 Å². The van der Waals surface area contributed by atoms with Gasteiger partial charge in [0, 0.05) is 14.3 Å². The molecule has 0 radical (unpaired) electrons. The van der Waals surface area contributed by atoms with Gasteiger partial charge in [-0.1, -0.05) is 23.4 Å². The summed E-state index contributed by atoms with van der Waals surface area (Å²) in [4.78, 5) is 12.0. The number of amides is 1. The maximum atomic E-state index is 12.0. The normalized spacial score (nSPS) is 10.6. The number of nitrogens with zero attached hydrogens (tertiary/aromatic N) is 2. The van der Waals surface area contributed by atoms with Crippen LogP contribution in [0.25, 0.3) is 0 Å². The molecule has 0 aliphatic carbocycles. The third kappa shape index (κ3) is 6.12. The molecule has 3 rings (SSSR count). The second-order valence-corrected chi connectivity index (χ2v) is 8.11. The van der Waals surface area contributed by atoms with Gasteiger partial charge in [0.05, 0.1) is 5.75 Å². The van der Waals surface area contributed by atoms with Crippen LogP contribution in [0.4, 0.5) is 5.69 Å². The molecule has 9 heteroatoms. The highest BCUT2D eigenvalue weighted by Crippen LogP contribution is 2.23. The molecule has 3 aromatic rings. The van der Waals surface area contributed by atoms with Crippen molar-refractivity contribution in [3.05, 3.63) is 62.5 Å². The first-order valence-electron chi connectivity index (χ1n) is 7.89. The molecule has 0 unspecified atom stereocenters. The number of hydrogen-bond donors (Lipinski definition) is 1. The Morgan fingerprint density at radius 1 is 1.26 bits per heavy atom. The first-order chi connectivity index (χ1) is 13.0. The van der Waals surface area contributed by atoms with Crippen molar-refractivity contribution in [3.8, 4) is 5.75 Å². The summed E-state index contributed by atoms with van der Waals surface area (Å²) in [5, 5.41) is 11.6. The summed E-state index contributed by atoms with van der Waals surface area (Å²) in [5.41, 5.74) is 1.67. The van der Waals surface area contributed by atoms with Gasteiger partial charge in [0.2, 0.25) is 5.91 Å². The monoisotopic (exact) mass is 515 g/mol. The molecule has 0 fully saturated rings. The average molecular weight is 516 g/mol. The van der Waals surface area contributed by atoms with Gasteiger partial charge in [-0.05, 0) is 77.5 Å². The van der Waals surface area contributed by atoms with Crippen LogP contribution in [0.15, 0.2) is 52.1 Å². The summed E-state index contributed by atoms with van der Waals surface area (Å²) in [7, 11) is 0. The smallest absolute Gasteiger partial charge is 0.277 e. The molecule has 1 N–H and O–H groups in total. The number of benzene rings is 2. The van der Waals surface area contributed by atoms with E-state index in [0.29, 0.717) is 21.9 Å². The van der Waals surface area contributed by atoms with Crippen molar-refractivity contribution >= 4 is 57.5 Å². The van der Waals surface area contributed by atoms with Gasteiger partial charge in [-0.15, -0.1) is 10.2 Å². The SMILES string of the molecule is Cc1cc(Cl)ccc1OCc1nnc(SCC(=O)Nc2ccc(I)cc2)o1. The highest BCUT2D eigenvalue weighted by atomic mass is 127. The summed E-state index contributed by atoms with van der Waals surface area (Å²) >= 11 is 9.30. The van der Waals surface area contributed by atoms with Gasteiger partial charge >= 0.3 is 0 Å². The molecule has 1 amide bonds. The number of aryl methyl sites for hydroxylation is 1. The van der Waals surface area contributed by atoms with Crippen LogP contribution in [-0.2, 0) is 11.4 Å². The molecule has 0 atom stereocenters. The molecule has 27 heavy (non-hydrogen) atoms. The van der Waals surface area contributed by atoms with Crippen LogP contribution in [0, 0.1) is 10.5 Å². The number of thioether (sulfide) groups is 1. The maximum Gasteiger partial charge on any atom is 0.277 e. The van der Waals surface area contributed by atoms with E-state index in [1.54, 1.807) is 12.1 Å². The van der Waals surface area contributed by atoms with Gasteiger partial charge in [0.15, 0.2) is 6.61 Å². The van der Waals surface area contributed by atoms with Gasteiger partial charge in [-0.3, -0.25) is 4.79 Å². The van der Waals surface area contributed by atoms with Crippen LogP contribution < -0.4 is 10.1 Å². The number of halogens is 2. The molecule has 0 bridgehead atoms. The average Bonchev–Trinajstić information content (AvgIpc) is 3.09. The molecule has 140 valence electrons. The predicted molar refractivity (Wildman–Crippen MR) is 113 cm³/mol. The minimum Gasteiger partial charge on any atom is -0.484 e. The first-order valence-corrected chi connectivity index (χ1v) is 10.3. The van der Waals surface area contributed by atoms with Crippen LogP contribution in [0.2, 0.25) is 5.02 Å². The third-order valence-electron chi connectivity index (χ3n) is 3.39. The lowest BCUT2D eigenvalue weighted by molar-refractivity contribution is -0.113. The van der Waals surface area contributed by atoms with Crippen molar-refractivity contribution in [1.82, 2.24) is 10.2 Å². The van der Waals surface area contributed by atoms with Crippen LogP contribution in [0.5, 0.6) is 5.75 Å². The Labute approximate surface area is 179 Å². The summed E-state index contributed by atoms with van der Waals surface area (Å²) in [6, 6.07) is 12.9. The standard InChI is InChI=1S/C18H15ClIN3O3S/c1-11-8-12(19)2-7-15(11)25-9-17-22-23-18(26-17)27-10-16(24)21-14-5-3-13(20)4-6-14/h2-8H,9-10H2,1H3,(H,21,24). The molecule has 0 aliphatic heterocycles. The number of aromatic nitrogens is 2. The third-order valence-corrected chi connectivity index (χ3v) is 5.16. The predicted octanol–water partition coefficient (Wildman–Crippen LogP) is 4.95. The molecule has 6 nitrogen and oxygen atoms in total. The van der Waals surface area contributed by atoms with Gasteiger partial charge in [0.25, 0.3) is 11.1 Å². The molecule has 1 heterocycles. The van der Waals surface area contributed by atoms with Crippen LogP contribution in [0.3, 0.4) is 0 Å². The van der Waals surface area contributed by atoms with E-state index in [1.807, 2.05) is 37.3 Å². The van der Waals surface area contributed by atoms with Gasteiger partial charge in [-0.2, -0.15) is 0 Å². The number of carbonyl (C=O) groups is 1. The summed E-state index contributed by atoms with van der Waals surface area (Å²) in [5.74, 6) is 1.06. The van der Waals surface area contributed by atoms with Crippen LogP contribution in [0.1, 0.15) is 11.5 Å². The second kappa shape index (κ2) is 9.43. The highest BCUT2D eigenvalue weighted by Gasteiger charge is 2.11. The molecular weight excluding hydrogens is 501 g/mol. The number of nitrogens with one attached hydrogen (secondary N) is 1. The Hall–Kier alpha value is -1.78. The number of hydrogen-bond acceptors (Lipinski definition) is 6. The minimum atomic E-state index is -0.144. The molecule has 2 aromatic carbocycles. The van der Waals surface area contributed by atoms with E-state index in [1.165, 1.54) is 11.8 Å². The number of ether oxygens (including phenoxy) is 1. The molecule has 0 saturated carbocycles. The van der Waals surface area contributed by atoms with Crippen molar-refractivity contribution in [2.45, 2.75) is 18.8 Å². The quantitative estimate of drug-likeness (QED) is 0.355. The van der Waals surface area contributed by atoms with Gasteiger partial charge < -0.3 is 14.5 Å². The van der Waals surface area contributed by atoms with E-state index in [2.05, 4.69) is 38.1 Å². The number of rotatable bonds is 7. The van der Waals surface area contributed by atoms with E-state index in [4.69, 9.17) is 20.8 Å². The van der Waals surface area contributed by atoms with E-state index >= 15 is 0 Å². The van der Waals surface area contributed by atoms with E-state index in [9.17, 15) is 4.79 Å². The van der Waals surface area contributed by atoms with Crippen molar-refractivity contribution in [2.24, 2.45) is 0 Å². The Balaban J connectivity index is 1.47. The minimum absolute atomic E-state index is 0.144. The highest BCUT2D eigenvalue weighted by molar-refractivity contribution is 14.1. The van der Waals surface area contributed by atoms with Crippen LogP contribution >= 0.6 is 46.0 Å². The Kier molecular flexibility index (Phi) is 6.97. The molecule has 0 saturated heterocycles. The van der Waals surface area contributed by atoms with Crippen molar-refractivity contribution < 1.29 is 13.9 Å². The number of anilines is 1. The van der Waals surface area contributed by atoms with Crippen molar-refractivity contribution in [2.75, 3.05) is 11.1 Å². The lowest BCUT2D eigenvalue weighted by Gasteiger charge is -2.06. The summed E-state index contributed by atoms with van der Waals surface area (Å²) in [6.07, 6.45) is 0. The number of carbonyl (C=O) groups excluding carboxylic acids is 1. The van der Waals surface area contributed by atoms with Gasteiger partial charge in [0.1, 0.15) is 5.75 Å². The molecule has 1 aromatic heterocycles. The Morgan fingerprint density at radius 3 is 2.78 bits per heavy atom. The zero-order valence-corrected chi connectivity index (χ0v) is 18.0. The second-order valence-electron chi connectivity index (χ2n) is 5.50. The zero-order valence-electron chi connectivity index (χ0n) is 14.2. The lowest BCUT2D eigenvalue weighted by atomic mass is 10.2.